The second-order valence-corrected chi connectivity index (χ2v) is 8.89. The molecule has 0 amide bonds. The zero-order valence-corrected chi connectivity index (χ0v) is 22.7. The van der Waals surface area contributed by atoms with E-state index >= 15 is 0 Å². The van der Waals surface area contributed by atoms with E-state index < -0.39 is 72.4 Å². The molecule has 14 nitrogen and oxygen atoms in total. The lowest BCUT2D eigenvalue weighted by atomic mass is 9.97. The van der Waals surface area contributed by atoms with Crippen molar-refractivity contribution in [2.24, 2.45) is 0 Å². The van der Waals surface area contributed by atoms with Crippen molar-refractivity contribution in [1.29, 1.82) is 0 Å². The molecule has 2 unspecified atom stereocenters. The summed E-state index contributed by atoms with van der Waals surface area (Å²) < 4.78 is 28.0. The van der Waals surface area contributed by atoms with Crippen LogP contribution in [0.3, 0.4) is 0 Å². The maximum atomic E-state index is 13.0. The van der Waals surface area contributed by atoms with Crippen molar-refractivity contribution in [3.05, 3.63) is 27.0 Å². The van der Waals surface area contributed by atoms with Crippen LogP contribution < -0.4 is 16.1 Å². The summed E-state index contributed by atoms with van der Waals surface area (Å²) in [6.07, 6.45) is -6.11. The minimum absolute atomic E-state index is 0.00115. The number of nitrogens with zero attached hydrogens (tertiary/aromatic N) is 2. The summed E-state index contributed by atoms with van der Waals surface area (Å²) >= 11 is 11.7. The van der Waals surface area contributed by atoms with Crippen molar-refractivity contribution in [2.45, 2.75) is 58.3 Å². The van der Waals surface area contributed by atoms with E-state index in [0.29, 0.717) is 0 Å². The summed E-state index contributed by atoms with van der Waals surface area (Å²) in [5.74, 6) is -2.90. The van der Waals surface area contributed by atoms with Crippen LogP contribution in [0.15, 0.2) is 15.8 Å². The number of halogens is 2. The van der Waals surface area contributed by atoms with E-state index in [9.17, 15) is 28.8 Å². The Morgan fingerprint density at radius 2 is 1.42 bits per heavy atom. The highest BCUT2D eigenvalue weighted by Crippen LogP contribution is 2.34. The van der Waals surface area contributed by atoms with Crippen LogP contribution in [0.5, 0.6) is 0 Å². The first-order valence-electron chi connectivity index (χ1n) is 11.4. The third-order valence-electron chi connectivity index (χ3n) is 5.24. The average Bonchev–Trinajstić information content (AvgIpc) is 2.80. The summed E-state index contributed by atoms with van der Waals surface area (Å²) in [6, 6.07) is 0. The van der Waals surface area contributed by atoms with E-state index in [2.05, 4.69) is 4.98 Å². The van der Waals surface area contributed by atoms with Crippen LogP contribution in [0.1, 0.15) is 33.9 Å². The first-order chi connectivity index (χ1) is 17.9. The molecule has 212 valence electrons. The van der Waals surface area contributed by atoms with Crippen LogP contribution >= 0.6 is 23.2 Å². The molecular weight excluding hydrogens is 553 g/mol. The minimum Gasteiger partial charge on any atom is -0.463 e. The second kappa shape index (κ2) is 14.2. The summed E-state index contributed by atoms with van der Waals surface area (Å²) in [5.41, 5.74) is -1.71. The standard InChI is InChI=1S/C22H29Cl2N3O11/c1-11(28)34-10-16-17(35-12(2)29)18(36-13(3)30)19(37-14(4)31)21(38-16)27-9-15(20(32)25-22(27)33)26(7-5-23)8-6-24/h9,16-19,21H,5-8,10H2,1-4H3,(H,25,32,33)/t16?,17-,18-,19?,21-/m1/s1. The Kier molecular flexibility index (Phi) is 11.6. The zero-order chi connectivity index (χ0) is 28.6. The molecule has 0 bridgehead atoms. The lowest BCUT2D eigenvalue weighted by Gasteiger charge is -2.44. The molecule has 5 atom stereocenters. The largest absolute Gasteiger partial charge is 0.463 e. The molecule has 0 saturated carbocycles. The van der Waals surface area contributed by atoms with Gasteiger partial charge >= 0.3 is 29.6 Å². The van der Waals surface area contributed by atoms with Crippen molar-refractivity contribution in [3.63, 3.8) is 0 Å². The number of aromatic nitrogens is 2. The van der Waals surface area contributed by atoms with Crippen molar-refractivity contribution >= 4 is 52.8 Å². The van der Waals surface area contributed by atoms with E-state index in [-0.39, 0.29) is 30.5 Å². The number of nitrogens with one attached hydrogen (secondary N) is 1. The number of esters is 4. The number of carbonyl (C=O) groups excluding carboxylic acids is 4. The van der Waals surface area contributed by atoms with Gasteiger partial charge in [-0.05, 0) is 0 Å². The van der Waals surface area contributed by atoms with Crippen LogP contribution in [0, 0.1) is 0 Å². The first-order valence-corrected chi connectivity index (χ1v) is 12.5. The van der Waals surface area contributed by atoms with Gasteiger partial charge in [0.25, 0.3) is 5.56 Å². The number of rotatable bonds is 11. The van der Waals surface area contributed by atoms with E-state index in [1.54, 1.807) is 0 Å². The smallest absolute Gasteiger partial charge is 0.330 e. The zero-order valence-electron chi connectivity index (χ0n) is 21.1. The van der Waals surface area contributed by atoms with E-state index in [1.165, 1.54) is 4.90 Å². The van der Waals surface area contributed by atoms with Crippen molar-refractivity contribution in [2.75, 3.05) is 36.4 Å². The van der Waals surface area contributed by atoms with Gasteiger partial charge in [-0.15, -0.1) is 23.2 Å². The molecule has 1 fully saturated rings. The third-order valence-corrected chi connectivity index (χ3v) is 5.58. The Morgan fingerprint density at radius 3 is 1.92 bits per heavy atom. The molecule has 38 heavy (non-hydrogen) atoms. The molecule has 0 spiro atoms. The Hall–Kier alpha value is -3.10. The summed E-state index contributed by atoms with van der Waals surface area (Å²) in [5, 5.41) is 0. The van der Waals surface area contributed by atoms with Crippen molar-refractivity contribution in [3.8, 4) is 0 Å². The van der Waals surface area contributed by atoms with E-state index in [4.69, 9.17) is 46.9 Å². The quantitative estimate of drug-likeness (QED) is 0.212. The Bertz CT molecular complexity index is 1130. The van der Waals surface area contributed by atoms with Crippen LogP contribution in [0.4, 0.5) is 5.69 Å². The highest BCUT2D eigenvalue weighted by molar-refractivity contribution is 6.18. The Morgan fingerprint density at radius 1 is 0.895 bits per heavy atom. The predicted octanol–water partition coefficient (Wildman–Crippen LogP) is 0.0762. The maximum Gasteiger partial charge on any atom is 0.330 e. The lowest BCUT2D eigenvalue weighted by Crippen LogP contribution is -2.61. The SMILES string of the molecule is CC(=O)OCC1O[C@@H](n2cc(N(CCCl)CCCl)c(=O)[nH]c2=O)C(OC(C)=O)[C@H](OC(C)=O)[C@@H]1OC(C)=O. The van der Waals surface area contributed by atoms with Crippen molar-refractivity contribution in [1.82, 2.24) is 9.55 Å². The topological polar surface area (TPSA) is 173 Å². The first kappa shape index (κ1) is 31.1. The number of hydrogen-bond donors (Lipinski definition) is 1. The Labute approximate surface area is 227 Å². The van der Waals surface area contributed by atoms with Gasteiger partial charge in [0.1, 0.15) is 18.4 Å². The number of aromatic amines is 1. The van der Waals surface area contributed by atoms with Crippen LogP contribution in [-0.2, 0) is 42.9 Å². The fourth-order valence-corrected chi connectivity index (χ4v) is 4.28. The number of H-pyrrole nitrogens is 1. The van der Waals surface area contributed by atoms with Crippen LogP contribution in [0.2, 0.25) is 0 Å². The Balaban J connectivity index is 2.73. The van der Waals surface area contributed by atoms with Gasteiger partial charge in [-0.2, -0.15) is 0 Å². The fourth-order valence-electron chi connectivity index (χ4n) is 3.88. The molecule has 1 N–H and O–H groups in total. The van der Waals surface area contributed by atoms with Gasteiger partial charge in [-0.1, -0.05) is 0 Å². The molecule has 0 aromatic carbocycles. The molecule has 0 radical (unpaired) electrons. The highest BCUT2D eigenvalue weighted by Gasteiger charge is 2.53. The fraction of sp³-hybridized carbons (Fsp3) is 0.636. The van der Waals surface area contributed by atoms with Gasteiger partial charge in [0.15, 0.2) is 24.5 Å². The summed E-state index contributed by atoms with van der Waals surface area (Å²) in [7, 11) is 0. The number of alkyl halides is 2. The third kappa shape index (κ3) is 8.20. The monoisotopic (exact) mass is 581 g/mol. The van der Waals surface area contributed by atoms with Crippen molar-refractivity contribution < 1.29 is 42.9 Å². The molecule has 0 aliphatic carbocycles. The molecule has 1 aliphatic rings. The van der Waals surface area contributed by atoms with Gasteiger partial charge in [0.05, 0.1) is 0 Å². The maximum absolute atomic E-state index is 13.0. The molecule has 1 aromatic heterocycles. The molecule has 1 saturated heterocycles. The number of hydrogen-bond acceptors (Lipinski definition) is 12. The van der Waals surface area contributed by atoms with E-state index in [0.717, 1.165) is 38.5 Å². The van der Waals surface area contributed by atoms with Gasteiger partial charge < -0.3 is 28.6 Å². The van der Waals surface area contributed by atoms with Crippen LogP contribution in [-0.4, -0.2) is 89.3 Å². The number of carbonyl (C=O) groups is 4. The molecule has 2 rings (SSSR count). The summed E-state index contributed by atoms with van der Waals surface area (Å²) in [4.78, 5) is 76.8. The molecule has 1 aliphatic heterocycles. The molecular formula is C22H29Cl2N3O11. The normalized spacial score (nSPS) is 22.7. The highest BCUT2D eigenvalue weighted by atomic mass is 35.5. The van der Waals surface area contributed by atoms with Gasteiger partial charge in [0, 0.05) is 58.7 Å². The molecule has 16 heteroatoms. The van der Waals surface area contributed by atoms with Gasteiger partial charge in [-0.25, -0.2) is 4.79 Å². The molecule has 1 aromatic rings. The number of anilines is 1. The minimum atomic E-state index is -1.54. The average molecular weight is 582 g/mol. The second-order valence-electron chi connectivity index (χ2n) is 8.14. The summed E-state index contributed by atoms with van der Waals surface area (Å²) in [6.45, 7) is 4.28. The van der Waals surface area contributed by atoms with E-state index in [1.807, 2.05) is 0 Å². The number of ether oxygens (including phenoxy) is 5. The predicted molar refractivity (Wildman–Crippen MR) is 132 cm³/mol. The van der Waals surface area contributed by atoms with Gasteiger partial charge in [0.2, 0.25) is 0 Å². The molecule has 2 heterocycles. The van der Waals surface area contributed by atoms with Crippen LogP contribution in [0.25, 0.3) is 0 Å². The lowest BCUT2D eigenvalue weighted by molar-refractivity contribution is -0.269. The van der Waals surface area contributed by atoms with Gasteiger partial charge in [-0.3, -0.25) is 33.5 Å².